The molecular weight excluding hydrogens is 383 g/mol. The molecule has 3 rings (SSSR count). The summed E-state index contributed by atoms with van der Waals surface area (Å²) in [6.07, 6.45) is 1.87. The molecule has 0 aliphatic carbocycles. The highest BCUT2D eigenvalue weighted by atomic mass is 35.5. The van der Waals surface area contributed by atoms with Gasteiger partial charge in [0.25, 0.3) is 0 Å². The first-order valence-corrected chi connectivity index (χ1v) is 8.92. The van der Waals surface area contributed by atoms with Gasteiger partial charge in [-0.1, -0.05) is 11.6 Å². The first kappa shape index (κ1) is 19.7. The predicted octanol–water partition coefficient (Wildman–Crippen LogP) is 4.77. The van der Waals surface area contributed by atoms with E-state index in [1.165, 1.54) is 18.2 Å². The highest BCUT2D eigenvalue weighted by molar-refractivity contribution is 6.31. The summed E-state index contributed by atoms with van der Waals surface area (Å²) in [7, 11) is 3.41. The lowest BCUT2D eigenvalue weighted by Gasteiger charge is -2.23. The molecule has 1 heterocycles. The van der Waals surface area contributed by atoms with Crippen molar-refractivity contribution in [2.45, 2.75) is 13.5 Å². The van der Waals surface area contributed by atoms with Gasteiger partial charge in [0.1, 0.15) is 11.6 Å². The van der Waals surface area contributed by atoms with Gasteiger partial charge in [0.15, 0.2) is 0 Å². The van der Waals surface area contributed by atoms with E-state index in [1.54, 1.807) is 41.0 Å². The lowest BCUT2D eigenvalue weighted by atomic mass is 10.2. The summed E-state index contributed by atoms with van der Waals surface area (Å²) in [5, 5.41) is 7.03. The Morgan fingerprint density at radius 1 is 1.29 bits per heavy atom. The summed E-state index contributed by atoms with van der Waals surface area (Å²) < 4.78 is 20.3. The van der Waals surface area contributed by atoms with E-state index in [-0.39, 0.29) is 11.1 Å². The molecule has 6 nitrogen and oxygen atoms in total. The Hall–Kier alpha value is -3.06. The summed E-state index contributed by atoms with van der Waals surface area (Å²) in [4.78, 5) is 14.6. The van der Waals surface area contributed by atoms with Crippen LogP contribution < -0.4 is 15.0 Å². The zero-order valence-electron chi connectivity index (χ0n) is 15.7. The van der Waals surface area contributed by atoms with Crippen molar-refractivity contribution in [3.63, 3.8) is 0 Å². The second-order valence-electron chi connectivity index (χ2n) is 6.26. The number of nitrogens with zero attached hydrogens (tertiary/aromatic N) is 3. The summed E-state index contributed by atoms with van der Waals surface area (Å²) >= 11 is 5.82. The number of carbonyl (C=O) groups is 1. The molecule has 0 bridgehead atoms. The van der Waals surface area contributed by atoms with Crippen LogP contribution in [0.4, 0.5) is 20.6 Å². The fourth-order valence-electron chi connectivity index (χ4n) is 2.78. The first-order chi connectivity index (χ1) is 13.4. The van der Waals surface area contributed by atoms with Gasteiger partial charge >= 0.3 is 6.03 Å². The number of anilines is 2. The molecule has 1 aromatic heterocycles. The normalized spacial score (nSPS) is 10.6. The Morgan fingerprint density at radius 2 is 2.00 bits per heavy atom. The fourth-order valence-corrected chi connectivity index (χ4v) is 2.96. The third-order valence-corrected chi connectivity index (χ3v) is 4.53. The van der Waals surface area contributed by atoms with Crippen LogP contribution in [0.1, 0.15) is 11.3 Å². The molecule has 2 aromatic carbocycles. The first-order valence-electron chi connectivity index (χ1n) is 8.54. The van der Waals surface area contributed by atoms with E-state index in [2.05, 4.69) is 10.4 Å². The fraction of sp³-hybridized carbons (Fsp3) is 0.200. The van der Waals surface area contributed by atoms with Crippen LogP contribution in [0, 0.1) is 12.7 Å². The number of benzene rings is 2. The highest BCUT2D eigenvalue weighted by Crippen LogP contribution is 2.24. The number of halogens is 2. The van der Waals surface area contributed by atoms with Crippen molar-refractivity contribution in [3.8, 4) is 5.75 Å². The molecule has 0 atom stereocenters. The number of ether oxygens (including phenoxy) is 1. The SMILES string of the molecule is COc1ccc(N(Cc2cn(C)nc2C)C(=O)Nc2ccc(F)c(Cl)c2)cc1. The molecule has 8 heteroatoms. The van der Waals surface area contributed by atoms with Crippen LogP contribution in [0.2, 0.25) is 5.02 Å². The van der Waals surface area contributed by atoms with Crippen LogP contribution in [-0.4, -0.2) is 22.9 Å². The number of rotatable bonds is 5. The largest absolute Gasteiger partial charge is 0.497 e. The molecule has 0 unspecified atom stereocenters. The van der Waals surface area contributed by atoms with Crippen molar-refractivity contribution in [1.29, 1.82) is 0 Å². The molecule has 0 aliphatic heterocycles. The van der Waals surface area contributed by atoms with Gasteiger partial charge in [0, 0.05) is 30.2 Å². The van der Waals surface area contributed by atoms with Crippen molar-refractivity contribution in [3.05, 3.63) is 70.8 Å². The third-order valence-electron chi connectivity index (χ3n) is 4.24. The number of amides is 2. The Kier molecular flexibility index (Phi) is 5.84. The van der Waals surface area contributed by atoms with E-state index in [1.807, 2.05) is 20.2 Å². The minimum absolute atomic E-state index is 0.0584. The Bertz CT molecular complexity index is 988. The van der Waals surface area contributed by atoms with Crippen LogP contribution in [0.15, 0.2) is 48.7 Å². The number of methoxy groups -OCH3 is 1. The molecule has 0 fully saturated rings. The number of aryl methyl sites for hydroxylation is 2. The van der Waals surface area contributed by atoms with E-state index in [4.69, 9.17) is 16.3 Å². The number of urea groups is 1. The van der Waals surface area contributed by atoms with Gasteiger partial charge in [0.05, 0.1) is 24.4 Å². The van der Waals surface area contributed by atoms with Gasteiger partial charge in [0.2, 0.25) is 0 Å². The lowest BCUT2D eigenvalue weighted by Crippen LogP contribution is -2.34. The van der Waals surface area contributed by atoms with Gasteiger partial charge in [-0.15, -0.1) is 0 Å². The maximum Gasteiger partial charge on any atom is 0.326 e. The van der Waals surface area contributed by atoms with Crippen LogP contribution in [0.5, 0.6) is 5.75 Å². The van der Waals surface area contributed by atoms with Gasteiger partial charge in [-0.25, -0.2) is 9.18 Å². The molecule has 0 saturated carbocycles. The average Bonchev–Trinajstić information content (AvgIpc) is 2.99. The van der Waals surface area contributed by atoms with Crippen molar-refractivity contribution in [2.75, 3.05) is 17.3 Å². The lowest BCUT2D eigenvalue weighted by molar-refractivity contribution is 0.256. The number of hydrogen-bond acceptors (Lipinski definition) is 3. The molecular formula is C20H20ClFN4O2. The Labute approximate surface area is 167 Å². The highest BCUT2D eigenvalue weighted by Gasteiger charge is 2.19. The molecule has 0 saturated heterocycles. The van der Waals surface area contributed by atoms with Crippen molar-refractivity contribution in [2.24, 2.45) is 7.05 Å². The summed E-state index contributed by atoms with van der Waals surface area (Å²) in [6, 6.07) is 10.8. The van der Waals surface area contributed by atoms with Crippen molar-refractivity contribution < 1.29 is 13.9 Å². The third kappa shape index (κ3) is 4.43. The predicted molar refractivity (Wildman–Crippen MR) is 108 cm³/mol. The molecule has 146 valence electrons. The van der Waals surface area contributed by atoms with Crippen molar-refractivity contribution >= 4 is 29.0 Å². The molecule has 0 aliphatic rings. The Morgan fingerprint density at radius 3 is 2.57 bits per heavy atom. The summed E-state index contributed by atoms with van der Waals surface area (Å²) in [6.45, 7) is 2.20. The standard InChI is InChI=1S/C20H20ClFN4O2/c1-13-14(11-25(2)24-13)12-26(16-5-7-17(28-3)8-6-16)20(27)23-15-4-9-19(22)18(21)10-15/h4-11H,12H2,1-3H3,(H,23,27). The van der Waals surface area contributed by atoms with Crippen LogP contribution in [0.25, 0.3) is 0 Å². The summed E-state index contributed by atoms with van der Waals surface area (Å²) in [5.41, 5.74) is 2.82. The number of aromatic nitrogens is 2. The molecule has 0 spiro atoms. The zero-order valence-corrected chi connectivity index (χ0v) is 16.5. The quantitative estimate of drug-likeness (QED) is 0.668. The van der Waals surface area contributed by atoms with Gasteiger partial charge < -0.3 is 10.1 Å². The number of nitrogens with one attached hydrogen (secondary N) is 1. The number of carbonyl (C=O) groups excluding carboxylic acids is 1. The zero-order chi connectivity index (χ0) is 20.3. The van der Waals surface area contributed by atoms with Gasteiger partial charge in [-0.2, -0.15) is 5.10 Å². The van der Waals surface area contributed by atoms with Crippen molar-refractivity contribution in [1.82, 2.24) is 9.78 Å². The molecule has 2 amide bonds. The molecule has 3 aromatic rings. The molecule has 28 heavy (non-hydrogen) atoms. The van der Waals surface area contributed by atoms with Crippen LogP contribution in [0.3, 0.4) is 0 Å². The smallest absolute Gasteiger partial charge is 0.326 e. The van der Waals surface area contributed by atoms with E-state index in [0.29, 0.717) is 23.7 Å². The molecule has 1 N–H and O–H groups in total. The monoisotopic (exact) mass is 402 g/mol. The second-order valence-corrected chi connectivity index (χ2v) is 6.66. The summed E-state index contributed by atoms with van der Waals surface area (Å²) in [5.74, 6) is 0.143. The second kappa shape index (κ2) is 8.31. The van der Waals surface area contributed by atoms with Crippen LogP contribution >= 0.6 is 11.6 Å². The topological polar surface area (TPSA) is 59.4 Å². The van der Waals surface area contributed by atoms with E-state index < -0.39 is 5.82 Å². The minimum atomic E-state index is -0.544. The maximum atomic E-state index is 13.4. The van der Waals surface area contributed by atoms with Gasteiger partial charge in [-0.3, -0.25) is 9.58 Å². The van der Waals surface area contributed by atoms with E-state index in [9.17, 15) is 9.18 Å². The van der Waals surface area contributed by atoms with E-state index >= 15 is 0 Å². The molecule has 0 radical (unpaired) electrons. The Balaban J connectivity index is 1.90. The van der Waals surface area contributed by atoms with Crippen LogP contribution in [-0.2, 0) is 13.6 Å². The minimum Gasteiger partial charge on any atom is -0.497 e. The average molecular weight is 403 g/mol. The maximum absolute atomic E-state index is 13.4. The van der Waals surface area contributed by atoms with Gasteiger partial charge in [-0.05, 0) is 49.4 Å². The van der Waals surface area contributed by atoms with E-state index in [0.717, 1.165) is 11.3 Å². The number of hydrogen-bond donors (Lipinski definition) is 1.